The number of hydrogen-bond donors (Lipinski definition) is 1. The van der Waals surface area contributed by atoms with E-state index in [1.807, 2.05) is 18.2 Å². The third-order valence-electron chi connectivity index (χ3n) is 5.79. The maximum Gasteiger partial charge on any atom is 0.121 e. The van der Waals surface area contributed by atoms with Crippen LogP contribution in [0.1, 0.15) is 23.1 Å². The first-order valence-corrected chi connectivity index (χ1v) is 10.6. The minimum Gasteiger partial charge on any atom is -0.497 e. The lowest BCUT2D eigenvalue weighted by molar-refractivity contribution is 0.0596. The number of benzene rings is 2. The van der Waals surface area contributed by atoms with Crippen LogP contribution in [0.4, 0.5) is 0 Å². The molecule has 1 aliphatic rings. The molecule has 1 heterocycles. The van der Waals surface area contributed by atoms with Gasteiger partial charge in [0.15, 0.2) is 0 Å². The Hall–Kier alpha value is -2.34. The lowest BCUT2D eigenvalue weighted by Crippen LogP contribution is -2.52. The second-order valence-corrected chi connectivity index (χ2v) is 7.88. The van der Waals surface area contributed by atoms with E-state index in [-0.39, 0.29) is 6.61 Å². The van der Waals surface area contributed by atoms with Crippen molar-refractivity contribution >= 4 is 6.08 Å². The average molecular weight is 411 g/mol. The number of aryl methyl sites for hydroxylation is 1. The molecule has 1 fully saturated rings. The van der Waals surface area contributed by atoms with Gasteiger partial charge in [-0.1, -0.05) is 36.4 Å². The molecule has 30 heavy (non-hydrogen) atoms. The second-order valence-electron chi connectivity index (χ2n) is 7.88. The predicted octanol–water partition coefficient (Wildman–Crippen LogP) is 3.59. The van der Waals surface area contributed by atoms with E-state index in [4.69, 9.17) is 9.47 Å². The molecule has 0 spiro atoms. The second kappa shape index (κ2) is 11.2. The van der Waals surface area contributed by atoms with Crippen molar-refractivity contribution in [1.82, 2.24) is 9.80 Å². The molecule has 1 atom stereocenters. The highest BCUT2D eigenvalue weighted by Crippen LogP contribution is 2.22. The molecule has 162 valence electrons. The molecule has 5 nitrogen and oxygen atoms in total. The van der Waals surface area contributed by atoms with Gasteiger partial charge in [0.1, 0.15) is 11.5 Å². The number of ether oxygens (including phenoxy) is 2. The van der Waals surface area contributed by atoms with Crippen molar-refractivity contribution in [3.63, 3.8) is 0 Å². The van der Waals surface area contributed by atoms with Gasteiger partial charge in [-0.15, -0.1) is 0 Å². The first-order chi connectivity index (χ1) is 14.6. The van der Waals surface area contributed by atoms with E-state index in [1.165, 1.54) is 11.1 Å². The monoisotopic (exact) mass is 410 g/mol. The largest absolute Gasteiger partial charge is 0.497 e. The molecule has 0 amide bonds. The van der Waals surface area contributed by atoms with Gasteiger partial charge in [-0.3, -0.25) is 9.80 Å². The van der Waals surface area contributed by atoms with Crippen LogP contribution in [-0.4, -0.2) is 68.0 Å². The summed E-state index contributed by atoms with van der Waals surface area (Å²) < 4.78 is 10.6. The fourth-order valence-electron chi connectivity index (χ4n) is 4.08. The Kier molecular flexibility index (Phi) is 8.31. The molecule has 0 aliphatic carbocycles. The third kappa shape index (κ3) is 6.08. The van der Waals surface area contributed by atoms with E-state index < -0.39 is 0 Å². The van der Waals surface area contributed by atoms with Crippen LogP contribution < -0.4 is 9.47 Å². The van der Waals surface area contributed by atoms with Crippen LogP contribution in [0.25, 0.3) is 6.08 Å². The van der Waals surface area contributed by atoms with Crippen LogP contribution in [0.2, 0.25) is 0 Å². The molecular formula is C25H34N2O3. The first-order valence-electron chi connectivity index (χ1n) is 10.6. The molecule has 0 saturated carbocycles. The van der Waals surface area contributed by atoms with E-state index in [0.717, 1.165) is 56.2 Å². The van der Waals surface area contributed by atoms with Crippen LogP contribution >= 0.6 is 0 Å². The zero-order chi connectivity index (χ0) is 21.3. The molecule has 2 aromatic carbocycles. The number of rotatable bonds is 9. The predicted molar refractivity (Wildman–Crippen MR) is 122 cm³/mol. The molecule has 3 rings (SSSR count). The summed E-state index contributed by atoms with van der Waals surface area (Å²) >= 11 is 0. The summed E-state index contributed by atoms with van der Waals surface area (Å²) in [6.45, 7) is 7.15. The molecule has 0 aromatic heterocycles. The van der Waals surface area contributed by atoms with Crippen LogP contribution in [-0.2, 0) is 6.54 Å². The van der Waals surface area contributed by atoms with E-state index in [1.54, 1.807) is 14.2 Å². The summed E-state index contributed by atoms with van der Waals surface area (Å²) in [4.78, 5) is 4.97. The van der Waals surface area contributed by atoms with Gasteiger partial charge in [0.05, 0.1) is 14.2 Å². The van der Waals surface area contributed by atoms with Crippen molar-refractivity contribution in [2.24, 2.45) is 0 Å². The summed E-state index contributed by atoms with van der Waals surface area (Å²) in [7, 11) is 3.39. The highest BCUT2D eigenvalue weighted by Gasteiger charge is 2.26. The van der Waals surface area contributed by atoms with Crippen molar-refractivity contribution in [3.8, 4) is 11.5 Å². The highest BCUT2D eigenvalue weighted by atomic mass is 16.5. The Morgan fingerprint density at radius 3 is 2.53 bits per heavy atom. The zero-order valence-electron chi connectivity index (χ0n) is 18.4. The standard InChI is InChI=1S/C25H34N2O3/c1-20-17-22(8-11-25(20)30-3)18-27-15-14-26(19-23(27)12-16-28)13-4-5-21-6-9-24(29-2)10-7-21/h4-11,17,23,28H,12-16,18-19H2,1-3H3/b5-4+. The topological polar surface area (TPSA) is 45.2 Å². The minimum atomic E-state index is 0.221. The van der Waals surface area contributed by atoms with E-state index >= 15 is 0 Å². The maximum atomic E-state index is 9.58. The van der Waals surface area contributed by atoms with E-state index in [0.29, 0.717) is 6.04 Å². The molecule has 0 radical (unpaired) electrons. The smallest absolute Gasteiger partial charge is 0.121 e. The Labute approximate surface area is 180 Å². The summed E-state index contributed by atoms with van der Waals surface area (Å²) in [5.41, 5.74) is 3.64. The molecular weight excluding hydrogens is 376 g/mol. The lowest BCUT2D eigenvalue weighted by atomic mass is 10.1. The quantitative estimate of drug-likeness (QED) is 0.684. The molecule has 5 heteroatoms. The van der Waals surface area contributed by atoms with Gasteiger partial charge in [0.25, 0.3) is 0 Å². The van der Waals surface area contributed by atoms with Gasteiger partial charge < -0.3 is 14.6 Å². The van der Waals surface area contributed by atoms with Gasteiger partial charge in [0, 0.05) is 45.4 Å². The number of methoxy groups -OCH3 is 2. The molecule has 1 unspecified atom stereocenters. The van der Waals surface area contributed by atoms with Crippen LogP contribution in [0.5, 0.6) is 11.5 Å². The minimum absolute atomic E-state index is 0.221. The Morgan fingerprint density at radius 2 is 1.87 bits per heavy atom. The van der Waals surface area contributed by atoms with Crippen molar-refractivity contribution in [3.05, 3.63) is 65.2 Å². The van der Waals surface area contributed by atoms with Gasteiger partial charge in [-0.2, -0.15) is 0 Å². The molecule has 0 bridgehead atoms. The van der Waals surface area contributed by atoms with Gasteiger partial charge >= 0.3 is 0 Å². The van der Waals surface area contributed by atoms with Crippen LogP contribution in [0, 0.1) is 6.92 Å². The Morgan fingerprint density at radius 1 is 1.07 bits per heavy atom. The molecule has 2 aromatic rings. The maximum absolute atomic E-state index is 9.58. The Balaban J connectivity index is 1.56. The summed E-state index contributed by atoms with van der Waals surface area (Å²) in [5, 5.41) is 9.58. The molecule has 1 aliphatic heterocycles. The Bertz CT molecular complexity index is 820. The first kappa shape index (κ1) is 22.3. The van der Waals surface area contributed by atoms with Crippen molar-refractivity contribution in [2.75, 3.05) is 47.0 Å². The van der Waals surface area contributed by atoms with E-state index in [9.17, 15) is 5.11 Å². The fourth-order valence-corrected chi connectivity index (χ4v) is 4.08. The molecule has 1 saturated heterocycles. The fraction of sp³-hybridized carbons (Fsp3) is 0.440. The lowest BCUT2D eigenvalue weighted by Gasteiger charge is -2.41. The van der Waals surface area contributed by atoms with Crippen molar-refractivity contribution in [1.29, 1.82) is 0 Å². The normalized spacial score (nSPS) is 18.1. The zero-order valence-corrected chi connectivity index (χ0v) is 18.4. The van der Waals surface area contributed by atoms with Gasteiger partial charge in [-0.05, 0) is 48.2 Å². The number of hydrogen-bond acceptors (Lipinski definition) is 5. The number of aliphatic hydroxyl groups excluding tert-OH is 1. The van der Waals surface area contributed by atoms with Crippen LogP contribution in [0.3, 0.4) is 0 Å². The van der Waals surface area contributed by atoms with E-state index in [2.05, 4.69) is 53.1 Å². The average Bonchev–Trinajstić information content (AvgIpc) is 2.76. The van der Waals surface area contributed by atoms with Gasteiger partial charge in [0.2, 0.25) is 0 Å². The highest BCUT2D eigenvalue weighted by molar-refractivity contribution is 5.50. The molecule has 1 N–H and O–H groups in total. The third-order valence-corrected chi connectivity index (χ3v) is 5.79. The number of nitrogens with zero attached hydrogens (tertiary/aromatic N) is 2. The summed E-state index contributed by atoms with van der Waals surface area (Å²) in [6.07, 6.45) is 5.18. The number of piperazine rings is 1. The van der Waals surface area contributed by atoms with Gasteiger partial charge in [-0.25, -0.2) is 0 Å². The number of aliphatic hydroxyl groups is 1. The van der Waals surface area contributed by atoms with Crippen molar-refractivity contribution in [2.45, 2.75) is 25.9 Å². The van der Waals surface area contributed by atoms with Crippen LogP contribution in [0.15, 0.2) is 48.5 Å². The SMILES string of the molecule is COc1ccc(/C=C/CN2CCN(Cc3ccc(OC)c(C)c3)C(CCO)C2)cc1. The summed E-state index contributed by atoms with van der Waals surface area (Å²) in [6, 6.07) is 14.9. The summed E-state index contributed by atoms with van der Waals surface area (Å²) in [5.74, 6) is 1.81. The van der Waals surface area contributed by atoms with Crippen molar-refractivity contribution < 1.29 is 14.6 Å².